The molecule has 1 aromatic rings. The first kappa shape index (κ1) is 21.1. The lowest BCUT2D eigenvalue weighted by Crippen LogP contribution is -2.52. The zero-order valence-electron chi connectivity index (χ0n) is 16.4. The number of unbranched alkanes of at least 4 members (excludes halogenated alkanes) is 5. The van der Waals surface area contributed by atoms with Gasteiger partial charge in [0.2, 0.25) is 0 Å². The molecule has 6 heteroatoms. The fourth-order valence-corrected chi connectivity index (χ4v) is 3.04. The summed E-state index contributed by atoms with van der Waals surface area (Å²) >= 11 is 5.09. The van der Waals surface area contributed by atoms with Gasteiger partial charge in [-0.05, 0) is 42.4 Å². The Hall–Kier alpha value is -2.21. The van der Waals surface area contributed by atoms with Gasteiger partial charge < -0.3 is 4.74 Å². The van der Waals surface area contributed by atoms with Gasteiger partial charge in [-0.25, -0.2) is 0 Å². The molecule has 2 rings (SSSR count). The van der Waals surface area contributed by atoms with Crippen molar-refractivity contribution in [3.8, 4) is 5.75 Å². The van der Waals surface area contributed by atoms with Gasteiger partial charge in [0.05, 0.1) is 6.61 Å². The lowest BCUT2D eigenvalue weighted by atomic mass is 10.1. The zero-order valence-corrected chi connectivity index (χ0v) is 17.2. The summed E-state index contributed by atoms with van der Waals surface area (Å²) in [6.07, 6.45) is 8.96. The monoisotopic (exact) mass is 388 g/mol. The van der Waals surface area contributed by atoms with Crippen LogP contribution < -0.4 is 4.74 Å². The molecule has 5 nitrogen and oxygen atoms in total. The maximum Gasteiger partial charge on any atom is 0.265 e. The van der Waals surface area contributed by atoms with E-state index in [0.29, 0.717) is 6.61 Å². The van der Waals surface area contributed by atoms with Gasteiger partial charge in [-0.1, -0.05) is 51.2 Å². The molecular formula is C21H28N2O3S. The molecule has 1 aromatic carbocycles. The van der Waals surface area contributed by atoms with Crippen molar-refractivity contribution in [3.05, 3.63) is 35.4 Å². The second kappa shape index (κ2) is 10.2. The maximum absolute atomic E-state index is 12.3. The van der Waals surface area contributed by atoms with E-state index in [4.69, 9.17) is 17.0 Å². The van der Waals surface area contributed by atoms with Crippen molar-refractivity contribution in [1.82, 2.24) is 9.80 Å². The van der Waals surface area contributed by atoms with Crippen molar-refractivity contribution >= 4 is 35.2 Å². The molecule has 0 bridgehead atoms. The first-order valence-corrected chi connectivity index (χ1v) is 9.91. The number of carbonyl (C=O) groups is 2. The summed E-state index contributed by atoms with van der Waals surface area (Å²) in [5, 5.41) is 0.209. The Morgan fingerprint density at radius 3 is 2.07 bits per heavy atom. The maximum atomic E-state index is 12.3. The number of nitrogens with zero attached hydrogens (tertiary/aromatic N) is 2. The second-order valence-corrected chi connectivity index (χ2v) is 7.12. The van der Waals surface area contributed by atoms with Crippen molar-refractivity contribution in [2.24, 2.45) is 0 Å². The highest BCUT2D eigenvalue weighted by molar-refractivity contribution is 7.80. The van der Waals surface area contributed by atoms with Gasteiger partial charge in [0.25, 0.3) is 11.8 Å². The van der Waals surface area contributed by atoms with Crippen LogP contribution in [-0.4, -0.2) is 47.4 Å². The second-order valence-electron chi connectivity index (χ2n) is 6.75. The number of carbonyl (C=O) groups excluding carboxylic acids is 2. The summed E-state index contributed by atoms with van der Waals surface area (Å²) in [5.74, 6) is 0.0282. The summed E-state index contributed by atoms with van der Waals surface area (Å²) in [7, 11) is 3.14. The molecule has 1 fully saturated rings. The molecule has 0 radical (unpaired) electrons. The van der Waals surface area contributed by atoms with Gasteiger partial charge in [0, 0.05) is 14.1 Å². The predicted octanol–water partition coefficient (Wildman–Crippen LogP) is 4.02. The van der Waals surface area contributed by atoms with Gasteiger partial charge >= 0.3 is 0 Å². The van der Waals surface area contributed by atoms with Gasteiger partial charge in [-0.2, -0.15) is 0 Å². The molecule has 1 saturated heterocycles. The molecule has 0 atom stereocenters. The molecule has 0 spiro atoms. The van der Waals surface area contributed by atoms with E-state index in [2.05, 4.69) is 6.92 Å². The minimum Gasteiger partial charge on any atom is -0.494 e. The quantitative estimate of drug-likeness (QED) is 0.277. The molecule has 146 valence electrons. The van der Waals surface area contributed by atoms with Crippen LogP contribution in [0.5, 0.6) is 5.75 Å². The van der Waals surface area contributed by atoms with Gasteiger partial charge in [0.15, 0.2) is 5.11 Å². The third-order valence-corrected chi connectivity index (χ3v) is 5.15. The minimum absolute atomic E-state index is 0.106. The molecule has 27 heavy (non-hydrogen) atoms. The number of hydrogen-bond acceptors (Lipinski definition) is 4. The summed E-state index contributed by atoms with van der Waals surface area (Å²) < 4.78 is 5.76. The fourth-order valence-electron chi connectivity index (χ4n) is 2.87. The first-order valence-electron chi connectivity index (χ1n) is 9.50. The summed E-state index contributed by atoms with van der Waals surface area (Å²) in [4.78, 5) is 27.3. The minimum atomic E-state index is -0.383. The summed E-state index contributed by atoms with van der Waals surface area (Å²) in [6.45, 7) is 2.92. The van der Waals surface area contributed by atoms with E-state index in [1.54, 1.807) is 20.2 Å². The molecule has 0 aliphatic carbocycles. The zero-order chi connectivity index (χ0) is 19.8. The Morgan fingerprint density at radius 1 is 0.926 bits per heavy atom. The standard InChI is InChI=1S/C21H28N2O3S/c1-4-5-6-7-8-9-14-26-17-12-10-16(11-13-17)15-18-19(24)22(2)21(27)23(3)20(18)25/h10-13,15H,4-9,14H2,1-3H3. The number of ether oxygens (including phenoxy) is 1. The lowest BCUT2D eigenvalue weighted by molar-refractivity contribution is -0.132. The summed E-state index contributed by atoms with van der Waals surface area (Å²) in [5.41, 5.74) is 0.877. The topological polar surface area (TPSA) is 49.9 Å². The highest BCUT2D eigenvalue weighted by Gasteiger charge is 2.35. The van der Waals surface area contributed by atoms with E-state index in [9.17, 15) is 9.59 Å². The highest BCUT2D eigenvalue weighted by Crippen LogP contribution is 2.20. The number of amides is 2. The van der Waals surface area contributed by atoms with Crippen molar-refractivity contribution in [3.63, 3.8) is 0 Å². The van der Waals surface area contributed by atoms with Crippen molar-refractivity contribution in [1.29, 1.82) is 0 Å². The Balaban J connectivity index is 1.91. The third kappa shape index (κ3) is 5.63. The Labute approximate surface area is 167 Å². The number of thiocarbonyl (C=S) groups is 1. The average molecular weight is 389 g/mol. The van der Waals surface area contributed by atoms with Crippen molar-refractivity contribution in [2.75, 3.05) is 20.7 Å². The van der Waals surface area contributed by atoms with Crippen LogP contribution in [-0.2, 0) is 9.59 Å². The van der Waals surface area contributed by atoms with Gasteiger partial charge in [-0.15, -0.1) is 0 Å². The number of hydrogen-bond donors (Lipinski definition) is 0. The number of likely N-dealkylation sites (N-methyl/N-ethyl adjacent to an activating group) is 2. The average Bonchev–Trinajstić information content (AvgIpc) is 2.68. The Kier molecular flexibility index (Phi) is 7.98. The molecule has 2 amide bonds. The van der Waals surface area contributed by atoms with Gasteiger partial charge in [0.1, 0.15) is 11.3 Å². The van der Waals surface area contributed by atoms with Crippen LogP contribution in [0, 0.1) is 0 Å². The number of benzene rings is 1. The third-order valence-electron chi connectivity index (χ3n) is 4.60. The van der Waals surface area contributed by atoms with Crippen LogP contribution in [0.4, 0.5) is 0 Å². The van der Waals surface area contributed by atoms with E-state index < -0.39 is 0 Å². The molecule has 1 aliphatic heterocycles. The fraction of sp³-hybridized carbons (Fsp3) is 0.476. The van der Waals surface area contributed by atoms with Crippen LogP contribution in [0.2, 0.25) is 0 Å². The molecule has 1 aliphatic rings. The molecule has 0 saturated carbocycles. The van der Waals surface area contributed by atoms with Crippen LogP contribution in [0.3, 0.4) is 0 Å². The SMILES string of the molecule is CCCCCCCCOc1ccc(C=C2C(=O)N(C)C(=S)N(C)C2=O)cc1. The predicted molar refractivity (Wildman–Crippen MR) is 111 cm³/mol. The number of rotatable bonds is 9. The van der Waals surface area contributed by atoms with E-state index in [-0.39, 0.29) is 22.5 Å². The Morgan fingerprint density at radius 2 is 1.48 bits per heavy atom. The van der Waals surface area contributed by atoms with Crippen molar-refractivity contribution in [2.45, 2.75) is 45.4 Å². The molecular weight excluding hydrogens is 360 g/mol. The highest BCUT2D eigenvalue weighted by atomic mass is 32.1. The van der Waals surface area contributed by atoms with E-state index >= 15 is 0 Å². The van der Waals surface area contributed by atoms with E-state index in [0.717, 1.165) is 17.7 Å². The van der Waals surface area contributed by atoms with Crippen molar-refractivity contribution < 1.29 is 14.3 Å². The summed E-state index contributed by atoms with van der Waals surface area (Å²) in [6, 6.07) is 7.41. The van der Waals surface area contributed by atoms with Crippen LogP contribution in [0.1, 0.15) is 51.0 Å². The Bertz CT molecular complexity index is 687. The van der Waals surface area contributed by atoms with E-state index in [1.165, 1.54) is 41.9 Å². The smallest absolute Gasteiger partial charge is 0.265 e. The molecule has 0 unspecified atom stereocenters. The van der Waals surface area contributed by atoms with Crippen LogP contribution >= 0.6 is 12.2 Å². The normalized spacial score (nSPS) is 14.8. The van der Waals surface area contributed by atoms with Gasteiger partial charge in [-0.3, -0.25) is 19.4 Å². The van der Waals surface area contributed by atoms with E-state index in [1.807, 2.05) is 24.3 Å². The largest absolute Gasteiger partial charge is 0.494 e. The van der Waals surface area contributed by atoms with Crippen LogP contribution in [0.25, 0.3) is 6.08 Å². The molecule has 1 heterocycles. The molecule has 0 aromatic heterocycles. The first-order chi connectivity index (χ1) is 13.0. The lowest BCUT2D eigenvalue weighted by Gasteiger charge is -2.31. The molecule has 0 N–H and O–H groups in total. The van der Waals surface area contributed by atoms with Crippen LogP contribution in [0.15, 0.2) is 29.8 Å².